The number of amides is 1. The van der Waals surface area contributed by atoms with Crippen molar-refractivity contribution in [1.82, 2.24) is 14.9 Å². The first-order chi connectivity index (χ1) is 12.6. The zero-order valence-corrected chi connectivity index (χ0v) is 14.8. The Morgan fingerprint density at radius 3 is 3.00 bits per heavy atom. The van der Waals surface area contributed by atoms with E-state index in [0.29, 0.717) is 5.52 Å². The molecule has 1 aromatic carbocycles. The van der Waals surface area contributed by atoms with Crippen molar-refractivity contribution in [2.75, 3.05) is 6.54 Å². The van der Waals surface area contributed by atoms with Crippen LogP contribution in [0.2, 0.25) is 0 Å². The predicted octanol–water partition coefficient (Wildman–Crippen LogP) is 4.31. The Bertz CT molecular complexity index is 935. The summed E-state index contributed by atoms with van der Waals surface area (Å²) in [5.41, 5.74) is 3.31. The van der Waals surface area contributed by atoms with Crippen molar-refractivity contribution in [3.63, 3.8) is 0 Å². The topological polar surface area (TPSA) is 49.0 Å². The van der Waals surface area contributed by atoms with Gasteiger partial charge in [-0.1, -0.05) is 18.2 Å². The third kappa shape index (κ3) is 2.98. The van der Waals surface area contributed by atoms with Crippen LogP contribution in [0.4, 0.5) is 4.39 Å². The molecule has 4 nitrogen and oxygen atoms in total. The largest absolute Gasteiger partial charge is 0.356 e. The van der Waals surface area contributed by atoms with Gasteiger partial charge in [-0.2, -0.15) is 0 Å². The molecule has 1 amide bonds. The number of carbonyl (C=O) groups excluding carboxylic acids is 1. The summed E-state index contributed by atoms with van der Waals surface area (Å²) in [4.78, 5) is 22.4. The number of nitrogens with zero attached hydrogens (tertiary/aromatic N) is 2. The number of nitrogens with one attached hydrogen (secondary N) is 1. The Morgan fingerprint density at radius 1 is 1.31 bits per heavy atom. The molecule has 134 valence electrons. The van der Waals surface area contributed by atoms with Crippen LogP contribution >= 0.6 is 0 Å². The number of fused-ring (bicyclic) bond motifs is 1. The van der Waals surface area contributed by atoms with Crippen molar-refractivity contribution in [1.29, 1.82) is 0 Å². The molecule has 1 saturated heterocycles. The van der Waals surface area contributed by atoms with Gasteiger partial charge in [-0.3, -0.25) is 9.78 Å². The molecule has 26 heavy (non-hydrogen) atoms. The summed E-state index contributed by atoms with van der Waals surface area (Å²) in [5.74, 6) is -0.192. The van der Waals surface area contributed by atoms with Crippen LogP contribution < -0.4 is 0 Å². The fourth-order valence-electron chi connectivity index (χ4n) is 4.00. The highest BCUT2D eigenvalue weighted by Crippen LogP contribution is 2.32. The Labute approximate surface area is 152 Å². The zero-order valence-electron chi connectivity index (χ0n) is 14.8. The van der Waals surface area contributed by atoms with E-state index in [1.165, 1.54) is 6.07 Å². The standard InChI is InChI=1S/C21H22FN3O/c1-14-17(16-7-4-8-18(22)21(16)24-14)12-20(26)25-11-3-2-9-19(25)15-6-5-10-23-13-15/h4-8,10,13,19,24H,2-3,9,11-12H2,1H3. The maximum absolute atomic E-state index is 14.0. The number of hydrogen-bond donors (Lipinski definition) is 1. The lowest BCUT2D eigenvalue weighted by atomic mass is 9.95. The van der Waals surface area contributed by atoms with Crippen LogP contribution in [0, 0.1) is 12.7 Å². The zero-order chi connectivity index (χ0) is 18.1. The predicted molar refractivity (Wildman–Crippen MR) is 99.2 cm³/mol. The van der Waals surface area contributed by atoms with Gasteiger partial charge in [-0.25, -0.2) is 4.39 Å². The van der Waals surface area contributed by atoms with Gasteiger partial charge in [-0.15, -0.1) is 0 Å². The molecule has 3 aromatic rings. The quantitative estimate of drug-likeness (QED) is 0.764. The number of aryl methyl sites for hydroxylation is 1. The summed E-state index contributed by atoms with van der Waals surface area (Å²) in [6.07, 6.45) is 6.97. The summed E-state index contributed by atoms with van der Waals surface area (Å²) in [6, 6.07) is 9.03. The van der Waals surface area contributed by atoms with E-state index in [1.807, 2.05) is 36.2 Å². The first-order valence-corrected chi connectivity index (χ1v) is 9.10. The van der Waals surface area contributed by atoms with Crippen LogP contribution in [-0.2, 0) is 11.2 Å². The summed E-state index contributed by atoms with van der Waals surface area (Å²) in [6.45, 7) is 2.66. The van der Waals surface area contributed by atoms with Gasteiger partial charge in [0, 0.05) is 30.0 Å². The molecule has 0 aliphatic carbocycles. The number of piperidine rings is 1. The Hall–Kier alpha value is -2.69. The SMILES string of the molecule is Cc1[nH]c2c(F)cccc2c1CC(=O)N1CCCCC1c1cccnc1. The van der Waals surface area contributed by atoms with E-state index in [0.717, 1.165) is 48.0 Å². The van der Waals surface area contributed by atoms with Crippen molar-refractivity contribution in [3.05, 3.63) is 65.4 Å². The van der Waals surface area contributed by atoms with E-state index in [9.17, 15) is 9.18 Å². The fraction of sp³-hybridized carbons (Fsp3) is 0.333. The molecular formula is C21H22FN3O. The molecule has 5 heteroatoms. The molecule has 1 fully saturated rings. The van der Waals surface area contributed by atoms with Crippen LogP contribution in [0.15, 0.2) is 42.7 Å². The van der Waals surface area contributed by atoms with Crippen molar-refractivity contribution in [3.8, 4) is 0 Å². The lowest BCUT2D eigenvalue weighted by Crippen LogP contribution is -2.39. The summed E-state index contributed by atoms with van der Waals surface area (Å²) in [7, 11) is 0. The van der Waals surface area contributed by atoms with Crippen LogP contribution in [0.25, 0.3) is 10.9 Å². The highest BCUT2D eigenvalue weighted by Gasteiger charge is 2.29. The number of benzene rings is 1. The highest BCUT2D eigenvalue weighted by molar-refractivity contribution is 5.90. The number of H-pyrrole nitrogens is 1. The normalized spacial score (nSPS) is 17.6. The Morgan fingerprint density at radius 2 is 2.19 bits per heavy atom. The molecule has 0 saturated carbocycles. The van der Waals surface area contributed by atoms with Crippen molar-refractivity contribution >= 4 is 16.8 Å². The molecule has 4 rings (SSSR count). The molecule has 1 N–H and O–H groups in total. The van der Waals surface area contributed by atoms with E-state index in [2.05, 4.69) is 9.97 Å². The number of rotatable bonds is 3. The van der Waals surface area contributed by atoms with E-state index in [-0.39, 0.29) is 24.2 Å². The first kappa shape index (κ1) is 16.8. The lowest BCUT2D eigenvalue weighted by molar-refractivity contribution is -0.134. The molecule has 2 aromatic heterocycles. The maximum Gasteiger partial charge on any atom is 0.227 e. The van der Waals surface area contributed by atoms with E-state index in [1.54, 1.807) is 12.3 Å². The van der Waals surface area contributed by atoms with Gasteiger partial charge in [-0.05, 0) is 49.4 Å². The second kappa shape index (κ2) is 6.90. The average molecular weight is 351 g/mol. The number of para-hydroxylation sites is 1. The molecule has 3 heterocycles. The monoisotopic (exact) mass is 351 g/mol. The summed E-state index contributed by atoms with van der Waals surface area (Å²) >= 11 is 0. The molecule has 1 aliphatic rings. The second-order valence-electron chi connectivity index (χ2n) is 6.95. The van der Waals surface area contributed by atoms with Gasteiger partial charge >= 0.3 is 0 Å². The fourth-order valence-corrected chi connectivity index (χ4v) is 4.00. The van der Waals surface area contributed by atoms with Crippen molar-refractivity contribution < 1.29 is 9.18 Å². The molecular weight excluding hydrogens is 329 g/mol. The number of pyridine rings is 1. The molecule has 0 spiro atoms. The van der Waals surface area contributed by atoms with E-state index >= 15 is 0 Å². The molecule has 1 aliphatic heterocycles. The van der Waals surface area contributed by atoms with Gasteiger partial charge in [0.05, 0.1) is 18.0 Å². The van der Waals surface area contributed by atoms with Crippen molar-refractivity contribution in [2.24, 2.45) is 0 Å². The van der Waals surface area contributed by atoms with Gasteiger partial charge in [0.15, 0.2) is 0 Å². The van der Waals surface area contributed by atoms with Crippen LogP contribution in [0.3, 0.4) is 0 Å². The number of aromatic amines is 1. The third-order valence-electron chi connectivity index (χ3n) is 5.32. The third-order valence-corrected chi connectivity index (χ3v) is 5.32. The first-order valence-electron chi connectivity index (χ1n) is 9.10. The molecule has 1 unspecified atom stereocenters. The minimum Gasteiger partial charge on any atom is -0.356 e. The number of likely N-dealkylation sites (tertiary alicyclic amines) is 1. The van der Waals surface area contributed by atoms with E-state index < -0.39 is 0 Å². The average Bonchev–Trinajstić information content (AvgIpc) is 2.99. The van der Waals surface area contributed by atoms with Gasteiger partial charge in [0.2, 0.25) is 5.91 Å². The molecule has 0 radical (unpaired) electrons. The smallest absolute Gasteiger partial charge is 0.227 e. The van der Waals surface area contributed by atoms with Gasteiger partial charge in [0.25, 0.3) is 0 Å². The van der Waals surface area contributed by atoms with Gasteiger partial charge in [0.1, 0.15) is 5.82 Å². The molecule has 1 atom stereocenters. The number of hydrogen-bond acceptors (Lipinski definition) is 2. The second-order valence-corrected chi connectivity index (χ2v) is 6.95. The maximum atomic E-state index is 14.0. The van der Waals surface area contributed by atoms with E-state index in [4.69, 9.17) is 0 Å². The Balaban J connectivity index is 1.63. The minimum absolute atomic E-state index is 0.0761. The van der Waals surface area contributed by atoms with Crippen LogP contribution in [0.5, 0.6) is 0 Å². The van der Waals surface area contributed by atoms with Crippen LogP contribution in [-0.4, -0.2) is 27.3 Å². The lowest BCUT2D eigenvalue weighted by Gasteiger charge is -2.36. The Kier molecular flexibility index (Phi) is 4.45. The van der Waals surface area contributed by atoms with Crippen LogP contribution in [0.1, 0.15) is 42.1 Å². The summed E-state index contributed by atoms with van der Waals surface area (Å²) < 4.78 is 14.0. The van der Waals surface area contributed by atoms with Crippen molar-refractivity contribution in [2.45, 2.75) is 38.6 Å². The number of halogens is 1. The summed E-state index contributed by atoms with van der Waals surface area (Å²) in [5, 5.41) is 0.797. The minimum atomic E-state index is -0.282. The number of aromatic nitrogens is 2. The number of carbonyl (C=O) groups is 1. The molecule has 0 bridgehead atoms. The van der Waals surface area contributed by atoms with Gasteiger partial charge < -0.3 is 9.88 Å². The highest BCUT2D eigenvalue weighted by atomic mass is 19.1.